The molecule has 0 saturated carbocycles. The van der Waals surface area contributed by atoms with Gasteiger partial charge in [0.05, 0.1) is 6.54 Å². The first-order valence-corrected chi connectivity index (χ1v) is 4.53. The average Bonchev–Trinajstić information content (AvgIpc) is 2.54. The van der Waals surface area contributed by atoms with E-state index in [0.717, 1.165) is 17.5 Å². The molecule has 0 unspecified atom stereocenters. The lowest BCUT2D eigenvalue weighted by atomic mass is 10.5. The molecule has 4 heteroatoms. The second kappa shape index (κ2) is 3.57. The molecule has 0 amide bonds. The fraction of sp³-hybridized carbons (Fsp3) is 0.300. The van der Waals surface area contributed by atoms with Crippen molar-refractivity contribution in [1.29, 1.82) is 0 Å². The summed E-state index contributed by atoms with van der Waals surface area (Å²) in [6.45, 7) is 4.47. The van der Waals surface area contributed by atoms with E-state index in [1.807, 2.05) is 42.9 Å². The van der Waals surface area contributed by atoms with Crippen LogP contribution in [-0.2, 0) is 6.54 Å². The van der Waals surface area contributed by atoms with Gasteiger partial charge in [-0.1, -0.05) is 0 Å². The predicted molar refractivity (Wildman–Crippen MR) is 52.8 cm³/mol. The van der Waals surface area contributed by atoms with Gasteiger partial charge in [0.25, 0.3) is 0 Å². The standard InChI is InChI=1S/C10H12N4/c1-8-11-9(2)13-10(12-8)7-14-5-3-4-6-14/h3-6H,7H2,1-2H3. The van der Waals surface area contributed by atoms with Crippen molar-refractivity contribution in [3.8, 4) is 0 Å². The summed E-state index contributed by atoms with van der Waals surface area (Å²) >= 11 is 0. The molecule has 0 radical (unpaired) electrons. The van der Waals surface area contributed by atoms with E-state index in [1.165, 1.54) is 0 Å². The Kier molecular flexibility index (Phi) is 2.26. The van der Waals surface area contributed by atoms with E-state index < -0.39 is 0 Å². The molecule has 2 heterocycles. The quantitative estimate of drug-likeness (QED) is 0.714. The number of hydrogen-bond donors (Lipinski definition) is 0. The molecule has 2 aromatic rings. The first-order valence-electron chi connectivity index (χ1n) is 4.53. The van der Waals surface area contributed by atoms with Gasteiger partial charge in [-0.2, -0.15) is 0 Å². The van der Waals surface area contributed by atoms with Crippen molar-refractivity contribution in [2.45, 2.75) is 20.4 Å². The Balaban J connectivity index is 2.25. The Morgan fingerprint density at radius 1 is 1.00 bits per heavy atom. The van der Waals surface area contributed by atoms with Gasteiger partial charge in [0.15, 0.2) is 5.82 Å². The number of aryl methyl sites for hydroxylation is 2. The molecule has 0 aromatic carbocycles. The summed E-state index contributed by atoms with van der Waals surface area (Å²) in [6.07, 6.45) is 3.99. The summed E-state index contributed by atoms with van der Waals surface area (Å²) in [6, 6.07) is 3.97. The molecular formula is C10H12N4. The van der Waals surface area contributed by atoms with Crippen molar-refractivity contribution in [3.63, 3.8) is 0 Å². The Morgan fingerprint density at radius 3 is 2.14 bits per heavy atom. The van der Waals surface area contributed by atoms with E-state index in [4.69, 9.17) is 0 Å². The molecule has 14 heavy (non-hydrogen) atoms. The normalized spacial score (nSPS) is 10.4. The second-order valence-corrected chi connectivity index (χ2v) is 3.20. The number of nitrogens with zero attached hydrogens (tertiary/aromatic N) is 4. The maximum absolute atomic E-state index is 4.27. The second-order valence-electron chi connectivity index (χ2n) is 3.20. The van der Waals surface area contributed by atoms with Crippen LogP contribution in [0.2, 0.25) is 0 Å². The monoisotopic (exact) mass is 188 g/mol. The van der Waals surface area contributed by atoms with E-state index in [-0.39, 0.29) is 0 Å². The lowest BCUT2D eigenvalue weighted by molar-refractivity contribution is 0.720. The Labute approximate surface area is 82.7 Å². The van der Waals surface area contributed by atoms with Crippen LogP contribution in [-0.4, -0.2) is 19.5 Å². The van der Waals surface area contributed by atoms with Crippen LogP contribution in [0.4, 0.5) is 0 Å². The minimum Gasteiger partial charge on any atom is -0.347 e. The van der Waals surface area contributed by atoms with Crippen LogP contribution in [0, 0.1) is 13.8 Å². The summed E-state index contributed by atoms with van der Waals surface area (Å²) in [5, 5.41) is 0. The van der Waals surface area contributed by atoms with E-state index in [0.29, 0.717) is 6.54 Å². The maximum atomic E-state index is 4.27. The molecule has 2 aromatic heterocycles. The molecule has 0 saturated heterocycles. The van der Waals surface area contributed by atoms with Crippen molar-refractivity contribution < 1.29 is 0 Å². The summed E-state index contributed by atoms with van der Waals surface area (Å²) in [7, 11) is 0. The minimum atomic E-state index is 0.706. The molecule has 0 spiro atoms. The number of rotatable bonds is 2. The third-order valence-corrected chi connectivity index (χ3v) is 1.90. The number of aromatic nitrogens is 4. The zero-order chi connectivity index (χ0) is 9.97. The molecule has 0 aliphatic carbocycles. The van der Waals surface area contributed by atoms with Gasteiger partial charge in [-0.15, -0.1) is 0 Å². The van der Waals surface area contributed by atoms with Gasteiger partial charge in [0, 0.05) is 12.4 Å². The summed E-state index contributed by atoms with van der Waals surface area (Å²) in [5.74, 6) is 2.37. The lowest BCUT2D eigenvalue weighted by Crippen LogP contribution is -2.06. The van der Waals surface area contributed by atoms with Gasteiger partial charge in [-0.25, -0.2) is 15.0 Å². The smallest absolute Gasteiger partial charge is 0.152 e. The molecular weight excluding hydrogens is 176 g/mol. The third kappa shape index (κ3) is 1.96. The van der Waals surface area contributed by atoms with E-state index in [2.05, 4.69) is 15.0 Å². The van der Waals surface area contributed by atoms with E-state index in [1.54, 1.807) is 0 Å². The molecule has 0 bridgehead atoms. The fourth-order valence-electron chi connectivity index (χ4n) is 1.39. The van der Waals surface area contributed by atoms with Gasteiger partial charge < -0.3 is 4.57 Å². The zero-order valence-corrected chi connectivity index (χ0v) is 8.31. The fourth-order valence-corrected chi connectivity index (χ4v) is 1.39. The minimum absolute atomic E-state index is 0.706. The lowest BCUT2D eigenvalue weighted by Gasteiger charge is -2.03. The van der Waals surface area contributed by atoms with Crippen LogP contribution in [0.5, 0.6) is 0 Å². The molecule has 0 N–H and O–H groups in total. The molecule has 0 aliphatic heterocycles. The highest BCUT2D eigenvalue weighted by Crippen LogP contribution is 1.98. The Bertz CT molecular complexity index is 399. The predicted octanol–water partition coefficient (Wildman–Crippen LogP) is 1.34. The number of hydrogen-bond acceptors (Lipinski definition) is 3. The topological polar surface area (TPSA) is 43.6 Å². The molecule has 4 nitrogen and oxygen atoms in total. The van der Waals surface area contributed by atoms with Crippen molar-refractivity contribution >= 4 is 0 Å². The van der Waals surface area contributed by atoms with Crippen molar-refractivity contribution in [2.24, 2.45) is 0 Å². The summed E-state index contributed by atoms with van der Waals surface area (Å²) < 4.78 is 2.04. The van der Waals surface area contributed by atoms with Crippen LogP contribution in [0.1, 0.15) is 17.5 Å². The van der Waals surface area contributed by atoms with Crippen LogP contribution in [0.3, 0.4) is 0 Å². The van der Waals surface area contributed by atoms with Crippen LogP contribution >= 0.6 is 0 Å². The highest BCUT2D eigenvalue weighted by Gasteiger charge is 2.00. The zero-order valence-electron chi connectivity index (χ0n) is 8.31. The average molecular weight is 188 g/mol. The Hall–Kier alpha value is -1.71. The highest BCUT2D eigenvalue weighted by molar-refractivity contribution is 4.98. The van der Waals surface area contributed by atoms with Gasteiger partial charge >= 0.3 is 0 Å². The van der Waals surface area contributed by atoms with Crippen molar-refractivity contribution in [2.75, 3.05) is 0 Å². The first kappa shape index (κ1) is 8.87. The molecule has 2 rings (SSSR count). The van der Waals surface area contributed by atoms with Crippen LogP contribution in [0.25, 0.3) is 0 Å². The SMILES string of the molecule is Cc1nc(C)nc(Cn2cccc2)n1. The van der Waals surface area contributed by atoms with Crippen molar-refractivity contribution in [1.82, 2.24) is 19.5 Å². The molecule has 72 valence electrons. The van der Waals surface area contributed by atoms with Crippen LogP contribution < -0.4 is 0 Å². The largest absolute Gasteiger partial charge is 0.347 e. The maximum Gasteiger partial charge on any atom is 0.152 e. The van der Waals surface area contributed by atoms with E-state index >= 15 is 0 Å². The molecule has 0 atom stereocenters. The van der Waals surface area contributed by atoms with Gasteiger partial charge in [-0.05, 0) is 26.0 Å². The highest BCUT2D eigenvalue weighted by atomic mass is 15.1. The summed E-state index contributed by atoms with van der Waals surface area (Å²) in [4.78, 5) is 12.7. The molecule has 0 fully saturated rings. The Morgan fingerprint density at radius 2 is 1.57 bits per heavy atom. The van der Waals surface area contributed by atoms with E-state index in [9.17, 15) is 0 Å². The van der Waals surface area contributed by atoms with Crippen LogP contribution in [0.15, 0.2) is 24.5 Å². The molecule has 0 aliphatic rings. The summed E-state index contributed by atoms with van der Waals surface area (Å²) in [5.41, 5.74) is 0. The first-order chi connectivity index (χ1) is 6.74. The third-order valence-electron chi connectivity index (χ3n) is 1.90. The van der Waals surface area contributed by atoms with Crippen molar-refractivity contribution in [3.05, 3.63) is 42.0 Å². The van der Waals surface area contributed by atoms with Gasteiger partial charge in [-0.3, -0.25) is 0 Å². The van der Waals surface area contributed by atoms with Gasteiger partial charge in [0.1, 0.15) is 11.6 Å². The van der Waals surface area contributed by atoms with Gasteiger partial charge in [0.2, 0.25) is 0 Å².